The number of aromatic nitrogens is 2. The molecule has 90 valence electrons. The largest absolute Gasteiger partial charge is 0.508 e. The van der Waals surface area contributed by atoms with Crippen LogP contribution in [0.3, 0.4) is 0 Å². The Hall–Kier alpha value is -2.02. The number of rotatable bonds is 3. The maximum Gasteiger partial charge on any atom is 0.281 e. The summed E-state index contributed by atoms with van der Waals surface area (Å²) in [7, 11) is -2.19. The van der Waals surface area contributed by atoms with Gasteiger partial charge in [0, 0.05) is 7.05 Å². The summed E-state index contributed by atoms with van der Waals surface area (Å²) in [4.78, 5) is 0. The molecule has 0 saturated carbocycles. The Morgan fingerprint density at radius 2 is 1.88 bits per heavy atom. The zero-order chi connectivity index (χ0) is 12.5. The Kier molecular flexibility index (Phi) is 2.76. The molecule has 1 heterocycles. The van der Waals surface area contributed by atoms with Crippen molar-refractivity contribution in [2.24, 2.45) is 0 Å². The summed E-state index contributed by atoms with van der Waals surface area (Å²) in [6.45, 7) is 0. The Morgan fingerprint density at radius 3 is 2.41 bits per heavy atom. The number of aromatic hydroxyl groups is 1. The van der Waals surface area contributed by atoms with E-state index in [-0.39, 0.29) is 10.8 Å². The van der Waals surface area contributed by atoms with Gasteiger partial charge in [-0.2, -0.15) is 13.5 Å². The van der Waals surface area contributed by atoms with Crippen LogP contribution in [0.4, 0.5) is 5.69 Å². The fraction of sp³-hybridized carbons (Fsp3) is 0.100. The lowest BCUT2D eigenvalue weighted by atomic mass is 10.3. The van der Waals surface area contributed by atoms with Crippen molar-refractivity contribution < 1.29 is 13.5 Å². The van der Waals surface area contributed by atoms with Gasteiger partial charge in [0.05, 0.1) is 11.9 Å². The van der Waals surface area contributed by atoms with Crippen LogP contribution in [0.2, 0.25) is 0 Å². The predicted octanol–water partition coefficient (Wildman–Crippen LogP) is 0.940. The normalized spacial score (nSPS) is 11.4. The lowest BCUT2D eigenvalue weighted by Crippen LogP contribution is -2.26. The van der Waals surface area contributed by atoms with E-state index < -0.39 is 10.0 Å². The van der Waals surface area contributed by atoms with Crippen LogP contribution < -0.4 is 4.31 Å². The molecule has 0 aliphatic rings. The maximum atomic E-state index is 12.1. The van der Waals surface area contributed by atoms with Gasteiger partial charge in [0.2, 0.25) is 0 Å². The zero-order valence-corrected chi connectivity index (χ0v) is 9.85. The first kappa shape index (κ1) is 11.5. The average Bonchev–Trinajstić information content (AvgIpc) is 2.83. The van der Waals surface area contributed by atoms with E-state index in [0.29, 0.717) is 5.69 Å². The number of anilines is 1. The van der Waals surface area contributed by atoms with Gasteiger partial charge in [-0.25, -0.2) is 0 Å². The summed E-state index contributed by atoms with van der Waals surface area (Å²) in [6.07, 6.45) is 1.37. The molecule has 0 fully saturated rings. The van der Waals surface area contributed by atoms with E-state index in [4.69, 9.17) is 5.11 Å². The number of phenolic OH excluding ortho intramolecular Hbond substituents is 1. The molecule has 2 rings (SSSR count). The highest BCUT2D eigenvalue weighted by atomic mass is 32.2. The average molecular weight is 253 g/mol. The van der Waals surface area contributed by atoms with Crippen LogP contribution in [0, 0.1) is 0 Å². The molecule has 7 heteroatoms. The first-order valence-electron chi connectivity index (χ1n) is 4.79. The van der Waals surface area contributed by atoms with Crippen molar-refractivity contribution in [1.29, 1.82) is 0 Å². The van der Waals surface area contributed by atoms with Gasteiger partial charge in [-0.1, -0.05) is 0 Å². The Bertz CT molecular complexity index is 590. The van der Waals surface area contributed by atoms with Crippen LogP contribution in [0.15, 0.2) is 41.6 Å². The molecular formula is C10H11N3O3S. The molecule has 1 aromatic carbocycles. The fourth-order valence-electron chi connectivity index (χ4n) is 1.34. The number of sulfonamides is 1. The lowest BCUT2D eigenvalue weighted by molar-refractivity contribution is 0.475. The topological polar surface area (TPSA) is 86.3 Å². The SMILES string of the molecule is CN(c1ccc(O)cc1)S(=O)(=O)c1ccn[nH]1. The number of aromatic amines is 1. The van der Waals surface area contributed by atoms with Crippen molar-refractivity contribution >= 4 is 15.7 Å². The molecule has 0 aliphatic carbocycles. The molecule has 6 nitrogen and oxygen atoms in total. The summed E-state index contributed by atoms with van der Waals surface area (Å²) >= 11 is 0. The van der Waals surface area contributed by atoms with Crippen LogP contribution in [-0.4, -0.2) is 30.8 Å². The van der Waals surface area contributed by atoms with E-state index in [1.54, 1.807) is 0 Å². The molecule has 17 heavy (non-hydrogen) atoms. The first-order valence-corrected chi connectivity index (χ1v) is 6.23. The van der Waals surface area contributed by atoms with Gasteiger partial charge >= 0.3 is 0 Å². The smallest absolute Gasteiger partial charge is 0.281 e. The van der Waals surface area contributed by atoms with Crippen LogP contribution in [0.25, 0.3) is 0 Å². The molecular weight excluding hydrogens is 242 g/mol. The summed E-state index contributed by atoms with van der Waals surface area (Å²) in [5.74, 6) is 0.0843. The maximum absolute atomic E-state index is 12.1. The molecule has 1 aromatic heterocycles. The molecule has 0 bridgehead atoms. The van der Waals surface area contributed by atoms with Gasteiger partial charge in [0.25, 0.3) is 10.0 Å². The van der Waals surface area contributed by atoms with Crippen LogP contribution >= 0.6 is 0 Å². The van der Waals surface area contributed by atoms with Crippen molar-refractivity contribution in [3.63, 3.8) is 0 Å². The van der Waals surface area contributed by atoms with Gasteiger partial charge < -0.3 is 5.11 Å². The van der Waals surface area contributed by atoms with Crippen molar-refractivity contribution in [3.8, 4) is 5.75 Å². The number of nitrogens with one attached hydrogen (secondary N) is 1. The molecule has 0 unspecified atom stereocenters. The van der Waals surface area contributed by atoms with E-state index in [9.17, 15) is 8.42 Å². The minimum Gasteiger partial charge on any atom is -0.508 e. The van der Waals surface area contributed by atoms with Crippen molar-refractivity contribution in [3.05, 3.63) is 36.5 Å². The second-order valence-corrected chi connectivity index (χ2v) is 5.35. The van der Waals surface area contributed by atoms with Crippen LogP contribution in [0.1, 0.15) is 0 Å². The van der Waals surface area contributed by atoms with Gasteiger partial charge in [-0.3, -0.25) is 9.40 Å². The Labute approximate surface area is 98.6 Å². The third-order valence-corrected chi connectivity index (χ3v) is 4.04. The number of H-pyrrole nitrogens is 1. The monoisotopic (exact) mass is 253 g/mol. The highest BCUT2D eigenvalue weighted by Gasteiger charge is 2.22. The third-order valence-electron chi connectivity index (χ3n) is 2.33. The van der Waals surface area contributed by atoms with Gasteiger partial charge in [0.15, 0.2) is 5.03 Å². The molecule has 2 N–H and O–H groups in total. The van der Waals surface area contributed by atoms with Gasteiger partial charge in [-0.05, 0) is 30.3 Å². The van der Waals surface area contributed by atoms with Gasteiger partial charge in [-0.15, -0.1) is 0 Å². The zero-order valence-electron chi connectivity index (χ0n) is 9.03. The fourth-order valence-corrected chi connectivity index (χ4v) is 2.43. The molecule has 0 radical (unpaired) electrons. The number of nitrogens with zero attached hydrogens (tertiary/aromatic N) is 2. The molecule has 0 atom stereocenters. The summed E-state index contributed by atoms with van der Waals surface area (Å²) in [6, 6.07) is 7.27. The van der Waals surface area contributed by atoms with Crippen LogP contribution in [0.5, 0.6) is 5.75 Å². The molecule has 0 amide bonds. The van der Waals surface area contributed by atoms with E-state index >= 15 is 0 Å². The molecule has 0 saturated heterocycles. The van der Waals surface area contributed by atoms with Crippen molar-refractivity contribution in [2.75, 3.05) is 11.4 Å². The second kappa shape index (κ2) is 4.10. The van der Waals surface area contributed by atoms with Crippen LogP contribution in [-0.2, 0) is 10.0 Å². The molecule has 2 aromatic rings. The standard InChI is InChI=1S/C10H11N3O3S/c1-13(8-2-4-9(14)5-3-8)17(15,16)10-6-7-11-12-10/h2-7,14H,1H3,(H,11,12). The van der Waals surface area contributed by atoms with Crippen molar-refractivity contribution in [1.82, 2.24) is 10.2 Å². The predicted molar refractivity (Wildman–Crippen MR) is 62.3 cm³/mol. The van der Waals surface area contributed by atoms with Gasteiger partial charge in [0.1, 0.15) is 5.75 Å². The number of benzene rings is 1. The highest BCUT2D eigenvalue weighted by Crippen LogP contribution is 2.22. The Morgan fingerprint density at radius 1 is 1.24 bits per heavy atom. The molecule has 0 aliphatic heterocycles. The molecule has 0 spiro atoms. The lowest BCUT2D eigenvalue weighted by Gasteiger charge is -2.18. The summed E-state index contributed by atoms with van der Waals surface area (Å²) < 4.78 is 25.3. The van der Waals surface area contributed by atoms with Crippen molar-refractivity contribution in [2.45, 2.75) is 5.03 Å². The third kappa shape index (κ3) is 2.09. The highest BCUT2D eigenvalue weighted by molar-refractivity contribution is 7.92. The Balaban J connectivity index is 2.38. The summed E-state index contributed by atoms with van der Waals surface area (Å²) in [5.41, 5.74) is 0.456. The summed E-state index contributed by atoms with van der Waals surface area (Å²) in [5, 5.41) is 15.2. The quantitative estimate of drug-likeness (QED) is 0.852. The van der Waals surface area contributed by atoms with E-state index in [0.717, 1.165) is 4.31 Å². The first-order chi connectivity index (χ1) is 8.01. The number of phenols is 1. The van der Waals surface area contributed by atoms with E-state index in [1.165, 1.54) is 43.6 Å². The second-order valence-electron chi connectivity index (χ2n) is 3.41. The van der Waals surface area contributed by atoms with E-state index in [1.807, 2.05) is 0 Å². The number of hydrogen-bond donors (Lipinski definition) is 2. The minimum atomic E-state index is -3.63. The van der Waals surface area contributed by atoms with E-state index in [2.05, 4.69) is 10.2 Å². The minimum absolute atomic E-state index is 0.0214. The number of hydrogen-bond acceptors (Lipinski definition) is 4.